The van der Waals surface area contributed by atoms with E-state index in [2.05, 4.69) is 4.98 Å². The molecule has 1 aliphatic rings. The maximum Gasteiger partial charge on any atom is 0.295 e. The highest BCUT2D eigenvalue weighted by Crippen LogP contribution is 2.40. The molecule has 40 heavy (non-hydrogen) atoms. The van der Waals surface area contributed by atoms with Crippen molar-refractivity contribution in [3.05, 3.63) is 115 Å². The molecule has 1 aromatic heterocycles. The molecule has 0 aliphatic carbocycles. The van der Waals surface area contributed by atoms with Crippen LogP contribution in [0.4, 0.5) is 11.4 Å². The van der Waals surface area contributed by atoms with Gasteiger partial charge in [0.1, 0.15) is 11.5 Å². The number of non-ortho nitro benzene ring substituents is 2. The number of carbonyl (C=O) groups excluding carboxylic acids is 2. The Morgan fingerprint density at radius 1 is 1.00 bits per heavy atom. The van der Waals surface area contributed by atoms with Crippen molar-refractivity contribution in [1.82, 2.24) is 9.88 Å². The SMILES string of the molecule is COc1ccc2[nH]cc(CCN3C(=O)C(=O)C(=C(O)c4cccc([N+](=O)[O-])c4)[C@H]3c3ccc([N+](=O)[O-])cc3)c2c1. The third kappa shape index (κ3) is 4.62. The van der Waals surface area contributed by atoms with Crippen LogP contribution in [0.5, 0.6) is 5.75 Å². The van der Waals surface area contributed by atoms with E-state index in [4.69, 9.17) is 4.74 Å². The van der Waals surface area contributed by atoms with Crippen LogP contribution in [0.25, 0.3) is 16.7 Å². The zero-order valence-corrected chi connectivity index (χ0v) is 21.1. The van der Waals surface area contributed by atoms with Gasteiger partial charge in [-0.3, -0.25) is 29.8 Å². The number of likely N-dealkylation sites (tertiary alicyclic amines) is 1. The van der Waals surface area contributed by atoms with E-state index < -0.39 is 33.3 Å². The fourth-order valence-electron chi connectivity index (χ4n) is 4.89. The lowest BCUT2D eigenvalue weighted by atomic mass is 9.95. The smallest absolute Gasteiger partial charge is 0.295 e. The zero-order valence-electron chi connectivity index (χ0n) is 21.1. The Kier molecular flexibility index (Phi) is 6.74. The van der Waals surface area contributed by atoms with Gasteiger partial charge >= 0.3 is 0 Å². The van der Waals surface area contributed by atoms with Crippen molar-refractivity contribution >= 4 is 39.7 Å². The summed E-state index contributed by atoms with van der Waals surface area (Å²) in [6, 6.07) is 14.8. The molecule has 1 atom stereocenters. The van der Waals surface area contributed by atoms with Gasteiger partial charge < -0.3 is 19.7 Å². The van der Waals surface area contributed by atoms with Gasteiger partial charge in [0.15, 0.2) is 0 Å². The van der Waals surface area contributed by atoms with Crippen molar-refractivity contribution < 1.29 is 29.3 Å². The molecule has 0 saturated carbocycles. The van der Waals surface area contributed by atoms with Gasteiger partial charge in [-0.15, -0.1) is 0 Å². The predicted octanol–water partition coefficient (Wildman–Crippen LogP) is 4.66. The summed E-state index contributed by atoms with van der Waals surface area (Å²) >= 11 is 0. The second-order valence-corrected chi connectivity index (χ2v) is 9.12. The van der Waals surface area contributed by atoms with E-state index in [1.165, 1.54) is 47.4 Å². The van der Waals surface area contributed by atoms with Gasteiger partial charge in [0, 0.05) is 53.5 Å². The molecule has 12 heteroatoms. The number of methoxy groups -OCH3 is 1. The number of nitrogens with zero attached hydrogens (tertiary/aromatic N) is 3. The lowest BCUT2D eigenvalue weighted by Crippen LogP contribution is -2.31. The van der Waals surface area contributed by atoms with Gasteiger partial charge in [0.2, 0.25) is 0 Å². The lowest BCUT2D eigenvalue weighted by molar-refractivity contribution is -0.385. The average Bonchev–Trinajstić information content (AvgIpc) is 3.48. The number of aliphatic hydroxyl groups is 1. The number of aromatic amines is 1. The molecular weight excluding hydrogens is 520 g/mol. The van der Waals surface area contributed by atoms with E-state index in [1.54, 1.807) is 13.3 Å². The number of Topliss-reactive ketones (excluding diaryl/α,β-unsaturated/α-hetero) is 1. The number of fused-ring (bicyclic) bond motifs is 1. The third-order valence-corrected chi connectivity index (χ3v) is 6.89. The summed E-state index contributed by atoms with van der Waals surface area (Å²) < 4.78 is 5.32. The average molecular weight is 543 g/mol. The number of H-pyrrole nitrogens is 1. The number of nitro groups is 2. The van der Waals surface area contributed by atoms with E-state index in [0.29, 0.717) is 17.7 Å². The van der Waals surface area contributed by atoms with Crippen LogP contribution in [-0.2, 0) is 16.0 Å². The molecule has 0 bridgehead atoms. The van der Waals surface area contributed by atoms with Crippen LogP contribution in [0, 0.1) is 20.2 Å². The Balaban J connectivity index is 1.58. The molecule has 1 saturated heterocycles. The van der Waals surface area contributed by atoms with Crippen molar-refractivity contribution in [2.24, 2.45) is 0 Å². The van der Waals surface area contributed by atoms with E-state index in [9.17, 15) is 34.9 Å². The largest absolute Gasteiger partial charge is 0.507 e. The van der Waals surface area contributed by atoms with Gasteiger partial charge in [0.05, 0.1) is 28.6 Å². The number of amides is 1. The predicted molar refractivity (Wildman–Crippen MR) is 144 cm³/mol. The number of nitrogens with one attached hydrogen (secondary N) is 1. The minimum atomic E-state index is -1.08. The minimum absolute atomic E-state index is 0.0113. The number of hydrogen-bond acceptors (Lipinski definition) is 8. The first-order valence-electron chi connectivity index (χ1n) is 12.1. The molecule has 1 amide bonds. The van der Waals surface area contributed by atoms with Crippen LogP contribution in [-0.4, -0.2) is 50.2 Å². The molecule has 4 aromatic rings. The van der Waals surface area contributed by atoms with Gasteiger partial charge in [0.25, 0.3) is 23.1 Å². The Hall–Kier alpha value is -5.52. The molecule has 1 aliphatic heterocycles. The van der Waals surface area contributed by atoms with E-state index in [0.717, 1.165) is 22.5 Å². The summed E-state index contributed by atoms with van der Waals surface area (Å²) in [5.41, 5.74) is 1.31. The Morgan fingerprint density at radius 3 is 2.40 bits per heavy atom. The first-order chi connectivity index (χ1) is 19.2. The van der Waals surface area contributed by atoms with Gasteiger partial charge in [-0.25, -0.2) is 0 Å². The number of carbonyl (C=O) groups is 2. The number of nitro benzene ring substituents is 2. The summed E-state index contributed by atoms with van der Waals surface area (Å²) in [4.78, 5) is 52.3. The van der Waals surface area contributed by atoms with Crippen LogP contribution < -0.4 is 4.74 Å². The molecule has 0 spiro atoms. The van der Waals surface area contributed by atoms with E-state index in [-0.39, 0.29) is 29.1 Å². The van der Waals surface area contributed by atoms with Crippen LogP contribution in [0.2, 0.25) is 0 Å². The summed E-state index contributed by atoms with van der Waals surface area (Å²) in [6.45, 7) is 0.0715. The number of ether oxygens (including phenoxy) is 1. The number of ketones is 1. The van der Waals surface area contributed by atoms with Gasteiger partial charge in [-0.2, -0.15) is 0 Å². The van der Waals surface area contributed by atoms with Crippen molar-refractivity contribution in [2.45, 2.75) is 12.5 Å². The molecular formula is C28H22N4O8. The number of rotatable bonds is 8. The highest BCUT2D eigenvalue weighted by molar-refractivity contribution is 6.46. The second-order valence-electron chi connectivity index (χ2n) is 9.12. The van der Waals surface area contributed by atoms with Crippen LogP contribution in [0.3, 0.4) is 0 Å². The maximum absolute atomic E-state index is 13.3. The second kappa shape index (κ2) is 10.3. The quantitative estimate of drug-likeness (QED) is 0.106. The van der Waals surface area contributed by atoms with Gasteiger partial charge in [-0.1, -0.05) is 12.1 Å². The maximum atomic E-state index is 13.3. The van der Waals surface area contributed by atoms with Crippen molar-refractivity contribution in [2.75, 3.05) is 13.7 Å². The van der Waals surface area contributed by atoms with Crippen LogP contribution in [0.15, 0.2) is 78.5 Å². The summed E-state index contributed by atoms with van der Waals surface area (Å²) in [5, 5.41) is 34.5. The summed E-state index contributed by atoms with van der Waals surface area (Å²) in [5.74, 6) is -1.76. The molecule has 1 fully saturated rings. The first kappa shape index (κ1) is 26.1. The fourth-order valence-corrected chi connectivity index (χ4v) is 4.89. The molecule has 5 rings (SSSR count). The number of hydrogen-bond donors (Lipinski definition) is 2. The zero-order chi connectivity index (χ0) is 28.6. The molecule has 3 aromatic carbocycles. The highest BCUT2D eigenvalue weighted by atomic mass is 16.6. The van der Waals surface area contributed by atoms with Gasteiger partial charge in [-0.05, 0) is 47.9 Å². The van der Waals surface area contributed by atoms with Crippen molar-refractivity contribution in [1.29, 1.82) is 0 Å². The van der Waals surface area contributed by atoms with Crippen LogP contribution in [0.1, 0.15) is 22.7 Å². The third-order valence-electron chi connectivity index (χ3n) is 6.89. The normalized spacial score (nSPS) is 16.4. The fraction of sp³-hybridized carbons (Fsp3) is 0.143. The number of aromatic nitrogens is 1. The van der Waals surface area contributed by atoms with Crippen molar-refractivity contribution in [3.63, 3.8) is 0 Å². The van der Waals surface area contributed by atoms with E-state index >= 15 is 0 Å². The first-order valence-corrected chi connectivity index (χ1v) is 12.1. The Labute approximate surface area is 226 Å². The molecule has 0 unspecified atom stereocenters. The number of benzene rings is 3. The van der Waals surface area contributed by atoms with E-state index in [1.807, 2.05) is 18.2 Å². The number of aliphatic hydroxyl groups excluding tert-OH is 1. The Bertz CT molecular complexity index is 1710. The Morgan fingerprint density at radius 2 is 1.73 bits per heavy atom. The minimum Gasteiger partial charge on any atom is -0.507 e. The summed E-state index contributed by atoms with van der Waals surface area (Å²) in [6.07, 6.45) is 2.13. The molecule has 2 heterocycles. The monoisotopic (exact) mass is 542 g/mol. The topological polar surface area (TPSA) is 169 Å². The molecule has 0 radical (unpaired) electrons. The lowest BCUT2D eigenvalue weighted by Gasteiger charge is -2.25. The molecule has 202 valence electrons. The summed E-state index contributed by atoms with van der Waals surface area (Å²) in [7, 11) is 1.55. The highest BCUT2D eigenvalue weighted by Gasteiger charge is 2.46. The molecule has 12 nitrogen and oxygen atoms in total. The standard InChI is InChI=1S/C28H22N4O8/c1-40-21-9-10-23-22(14-21)18(15-29-23)11-12-30-25(16-5-7-19(8-6-16)31(36)37)24(27(34)28(30)35)26(33)17-3-2-4-20(13-17)32(38)39/h2-10,13-15,25,29,33H,11-12H2,1H3/t25-/m1/s1. The molecule has 2 N–H and O–H groups in total. The van der Waals surface area contributed by atoms with Crippen molar-refractivity contribution in [3.8, 4) is 5.75 Å². The van der Waals surface area contributed by atoms with Crippen LogP contribution >= 0.6 is 0 Å².